The highest BCUT2D eigenvalue weighted by Gasteiger charge is 2.11. The van der Waals surface area contributed by atoms with E-state index in [0.717, 1.165) is 0 Å². The number of anilines is 1. The maximum Gasteiger partial charge on any atom is 0.295 e. The number of oxazole rings is 1. The molecule has 1 atom stereocenters. The number of rotatable bonds is 5. The number of nitro groups is 1. The topological polar surface area (TPSA) is 90.4 Å². The third-order valence-corrected chi connectivity index (χ3v) is 2.53. The highest BCUT2D eigenvalue weighted by atomic mass is 16.6. The van der Waals surface area contributed by atoms with Crippen LogP contribution in [0.15, 0.2) is 22.6 Å². The minimum absolute atomic E-state index is 0.00684. The molecule has 0 saturated heterocycles. The molecule has 1 unspecified atom stereocenters. The van der Waals surface area contributed by atoms with Crippen LogP contribution in [0.2, 0.25) is 0 Å². The summed E-state index contributed by atoms with van der Waals surface area (Å²) >= 11 is 0. The quantitative estimate of drug-likeness (QED) is 0.647. The van der Waals surface area contributed by atoms with Crippen LogP contribution in [0.5, 0.6) is 0 Å². The fourth-order valence-corrected chi connectivity index (χ4v) is 1.42. The van der Waals surface area contributed by atoms with Crippen molar-refractivity contribution in [1.82, 2.24) is 4.98 Å². The highest BCUT2D eigenvalue weighted by molar-refractivity contribution is 5.77. The van der Waals surface area contributed by atoms with Gasteiger partial charge in [-0.25, -0.2) is 0 Å². The van der Waals surface area contributed by atoms with Crippen molar-refractivity contribution in [2.45, 2.75) is 13.0 Å². The second kappa shape index (κ2) is 5.01. The summed E-state index contributed by atoms with van der Waals surface area (Å²) in [7, 11) is 1.61. The Hall–Kier alpha value is -2.15. The third kappa shape index (κ3) is 2.57. The Labute approximate surface area is 103 Å². The van der Waals surface area contributed by atoms with Gasteiger partial charge in [0.2, 0.25) is 0 Å². The molecule has 1 heterocycles. The van der Waals surface area contributed by atoms with Gasteiger partial charge in [0.05, 0.1) is 11.0 Å². The maximum atomic E-state index is 10.6. The van der Waals surface area contributed by atoms with Crippen molar-refractivity contribution in [1.29, 1.82) is 0 Å². The summed E-state index contributed by atoms with van der Waals surface area (Å²) in [5.74, 6) is 0. The molecule has 0 spiro atoms. The summed E-state index contributed by atoms with van der Waals surface area (Å²) < 4.78 is 10.5. The van der Waals surface area contributed by atoms with Crippen LogP contribution in [0.25, 0.3) is 11.1 Å². The lowest BCUT2D eigenvalue weighted by Crippen LogP contribution is -2.18. The van der Waals surface area contributed by atoms with E-state index in [2.05, 4.69) is 10.3 Å². The van der Waals surface area contributed by atoms with Crippen LogP contribution in [0.1, 0.15) is 6.92 Å². The summed E-state index contributed by atoms with van der Waals surface area (Å²) in [6.45, 7) is 2.45. The largest absolute Gasteiger partial charge is 0.424 e. The zero-order valence-corrected chi connectivity index (χ0v) is 10.0. The van der Waals surface area contributed by atoms with Crippen LogP contribution < -0.4 is 5.32 Å². The van der Waals surface area contributed by atoms with Gasteiger partial charge in [-0.2, -0.15) is 4.98 Å². The van der Waals surface area contributed by atoms with E-state index in [1.54, 1.807) is 7.11 Å². The first kappa shape index (κ1) is 12.3. The minimum Gasteiger partial charge on any atom is -0.424 e. The first-order valence-electron chi connectivity index (χ1n) is 5.42. The zero-order valence-electron chi connectivity index (χ0n) is 10.0. The van der Waals surface area contributed by atoms with Crippen LogP contribution in [0.4, 0.5) is 11.7 Å². The molecular formula is C11H13N3O4. The Morgan fingerprint density at radius 1 is 1.61 bits per heavy atom. The molecule has 1 aromatic heterocycles. The second-order valence-corrected chi connectivity index (χ2v) is 3.86. The number of non-ortho nitro benzene ring substituents is 1. The molecule has 0 aliphatic carbocycles. The number of aromatic nitrogens is 1. The molecule has 96 valence electrons. The van der Waals surface area contributed by atoms with Crippen molar-refractivity contribution in [2.75, 3.05) is 19.0 Å². The average molecular weight is 251 g/mol. The van der Waals surface area contributed by atoms with Gasteiger partial charge in [-0.15, -0.1) is 0 Å². The van der Waals surface area contributed by atoms with E-state index in [0.29, 0.717) is 23.7 Å². The lowest BCUT2D eigenvalue weighted by Gasteiger charge is -2.08. The molecule has 2 aromatic rings. The lowest BCUT2D eigenvalue weighted by atomic mass is 10.3. The maximum absolute atomic E-state index is 10.6. The molecule has 0 saturated carbocycles. The van der Waals surface area contributed by atoms with Crippen molar-refractivity contribution in [3.05, 3.63) is 28.3 Å². The van der Waals surface area contributed by atoms with Crippen LogP contribution in [-0.4, -0.2) is 29.7 Å². The zero-order chi connectivity index (χ0) is 13.1. The molecule has 1 N–H and O–H groups in total. The predicted octanol–water partition coefficient (Wildman–Crippen LogP) is 2.18. The normalized spacial score (nSPS) is 12.6. The van der Waals surface area contributed by atoms with E-state index in [9.17, 15) is 10.1 Å². The number of benzene rings is 1. The molecule has 0 amide bonds. The van der Waals surface area contributed by atoms with Gasteiger partial charge < -0.3 is 14.5 Å². The van der Waals surface area contributed by atoms with E-state index in [1.165, 1.54) is 18.2 Å². The number of hydrogen-bond donors (Lipinski definition) is 1. The monoisotopic (exact) mass is 251 g/mol. The summed E-state index contributed by atoms with van der Waals surface area (Å²) in [5, 5.41) is 13.6. The van der Waals surface area contributed by atoms with E-state index in [-0.39, 0.29) is 11.8 Å². The molecular weight excluding hydrogens is 238 g/mol. The molecule has 18 heavy (non-hydrogen) atoms. The molecule has 0 fully saturated rings. The Morgan fingerprint density at radius 3 is 3.06 bits per heavy atom. The third-order valence-electron chi connectivity index (χ3n) is 2.53. The van der Waals surface area contributed by atoms with Gasteiger partial charge in [-0.3, -0.25) is 10.1 Å². The van der Waals surface area contributed by atoms with Gasteiger partial charge in [0.25, 0.3) is 11.7 Å². The van der Waals surface area contributed by atoms with Gasteiger partial charge in [-0.05, 0) is 13.0 Å². The lowest BCUT2D eigenvalue weighted by molar-refractivity contribution is -0.384. The minimum atomic E-state index is -0.464. The van der Waals surface area contributed by atoms with Crippen LogP contribution in [0.3, 0.4) is 0 Å². The van der Waals surface area contributed by atoms with Crippen LogP contribution in [0, 0.1) is 10.1 Å². The first-order valence-corrected chi connectivity index (χ1v) is 5.42. The van der Waals surface area contributed by atoms with E-state index in [4.69, 9.17) is 9.15 Å². The Bertz CT molecular complexity index is 566. The number of fused-ring (bicyclic) bond motifs is 1. The van der Waals surface area contributed by atoms with E-state index < -0.39 is 4.92 Å². The summed E-state index contributed by atoms with van der Waals surface area (Å²) in [6, 6.07) is 4.62. The highest BCUT2D eigenvalue weighted by Crippen LogP contribution is 2.23. The van der Waals surface area contributed by atoms with Crippen molar-refractivity contribution in [3.8, 4) is 0 Å². The first-order chi connectivity index (χ1) is 8.60. The van der Waals surface area contributed by atoms with Crippen molar-refractivity contribution < 1.29 is 14.1 Å². The van der Waals surface area contributed by atoms with Crippen molar-refractivity contribution in [2.24, 2.45) is 0 Å². The van der Waals surface area contributed by atoms with Gasteiger partial charge in [-0.1, -0.05) is 0 Å². The SMILES string of the molecule is COC(C)CNc1nc2cc([N+](=O)[O-])ccc2o1. The standard InChI is InChI=1S/C11H13N3O4/c1-7(17-2)6-12-11-13-9-5-8(14(15)16)3-4-10(9)18-11/h3-5,7H,6H2,1-2H3,(H,12,13). The smallest absolute Gasteiger partial charge is 0.295 e. The molecule has 1 aromatic carbocycles. The molecule has 7 nitrogen and oxygen atoms in total. The molecule has 0 radical (unpaired) electrons. The number of nitrogens with zero attached hydrogens (tertiary/aromatic N) is 2. The summed E-state index contributed by atoms with van der Waals surface area (Å²) in [5.41, 5.74) is 0.956. The van der Waals surface area contributed by atoms with Crippen LogP contribution >= 0.6 is 0 Å². The molecule has 7 heteroatoms. The van der Waals surface area contributed by atoms with Gasteiger partial charge >= 0.3 is 0 Å². The van der Waals surface area contributed by atoms with E-state index >= 15 is 0 Å². The number of ether oxygens (including phenoxy) is 1. The number of nitro benzene ring substituents is 1. The average Bonchev–Trinajstić information content (AvgIpc) is 2.77. The molecule has 0 aliphatic heterocycles. The predicted molar refractivity (Wildman–Crippen MR) is 65.6 cm³/mol. The van der Waals surface area contributed by atoms with E-state index in [1.807, 2.05) is 6.92 Å². The number of nitrogens with one attached hydrogen (secondary N) is 1. The number of hydrogen-bond acceptors (Lipinski definition) is 6. The summed E-state index contributed by atoms with van der Waals surface area (Å²) in [4.78, 5) is 14.3. The van der Waals surface area contributed by atoms with Crippen LogP contribution in [-0.2, 0) is 4.74 Å². The molecule has 0 bridgehead atoms. The van der Waals surface area contributed by atoms with Gasteiger partial charge in [0.15, 0.2) is 5.58 Å². The molecule has 0 aliphatic rings. The fourth-order valence-electron chi connectivity index (χ4n) is 1.42. The Balaban J connectivity index is 2.19. The summed E-state index contributed by atoms with van der Waals surface area (Å²) in [6.07, 6.45) is 0.0225. The van der Waals surface area contributed by atoms with Gasteiger partial charge in [0, 0.05) is 25.8 Å². The van der Waals surface area contributed by atoms with Crippen molar-refractivity contribution in [3.63, 3.8) is 0 Å². The second-order valence-electron chi connectivity index (χ2n) is 3.86. The molecule has 2 rings (SSSR count). The van der Waals surface area contributed by atoms with Crippen molar-refractivity contribution >= 4 is 22.8 Å². The Morgan fingerprint density at radius 2 is 2.39 bits per heavy atom. The Kier molecular flexibility index (Phi) is 3.42. The number of methoxy groups -OCH3 is 1. The van der Waals surface area contributed by atoms with Gasteiger partial charge in [0.1, 0.15) is 5.52 Å². The fraction of sp³-hybridized carbons (Fsp3) is 0.364.